The number of carbonyl (C=O) groups excluding carboxylic acids is 1. The molecular weight excluding hydrogens is 404 g/mol. The fraction of sp³-hybridized carbons (Fsp3) is 0.273. The Morgan fingerprint density at radius 3 is 2.55 bits per heavy atom. The molecule has 1 aromatic heterocycles. The van der Waals surface area contributed by atoms with Gasteiger partial charge < -0.3 is 5.32 Å². The monoisotopic (exact) mass is 426 g/mol. The van der Waals surface area contributed by atoms with Gasteiger partial charge in [0.25, 0.3) is 0 Å². The normalized spacial score (nSPS) is 15.5. The summed E-state index contributed by atoms with van der Waals surface area (Å²) in [4.78, 5) is 17.8. The summed E-state index contributed by atoms with van der Waals surface area (Å²) >= 11 is 1.30. The summed E-state index contributed by atoms with van der Waals surface area (Å²) in [6, 6.07) is 16.6. The molecule has 1 aliphatic rings. The molecule has 4 rings (SSSR count). The van der Waals surface area contributed by atoms with Crippen molar-refractivity contribution < 1.29 is 13.2 Å². The fourth-order valence-corrected chi connectivity index (χ4v) is 5.12. The maximum atomic E-state index is 12.8. The van der Waals surface area contributed by atoms with Crippen LogP contribution in [0.25, 0.3) is 0 Å². The Labute approximate surface area is 174 Å². The van der Waals surface area contributed by atoms with E-state index in [4.69, 9.17) is 0 Å². The fourth-order valence-electron chi connectivity index (χ4n) is 3.68. The van der Waals surface area contributed by atoms with Gasteiger partial charge in [-0.2, -0.15) is 0 Å². The molecule has 0 aliphatic heterocycles. The maximum Gasteiger partial charge on any atom is 0.204 e. The standard InChI is InChI=1S/C22H22N2O3S2/c1-29(26,27)18-10-5-7-16(13-18)20(25)19-14-23-21(28-19)24-15-22(11-6-12-22)17-8-3-2-4-9-17/h2-5,7-10,13-14H,6,11-12,15H2,1H3,(H,23,24). The van der Waals surface area contributed by atoms with E-state index in [0.717, 1.165) is 25.6 Å². The molecule has 1 saturated carbocycles. The highest BCUT2D eigenvalue weighted by molar-refractivity contribution is 7.90. The largest absolute Gasteiger partial charge is 0.361 e. The smallest absolute Gasteiger partial charge is 0.204 e. The van der Waals surface area contributed by atoms with E-state index in [1.165, 1.54) is 35.5 Å². The van der Waals surface area contributed by atoms with Gasteiger partial charge in [0, 0.05) is 23.8 Å². The molecule has 0 unspecified atom stereocenters. The van der Waals surface area contributed by atoms with Gasteiger partial charge in [-0.05, 0) is 30.5 Å². The third-order valence-corrected chi connectivity index (χ3v) is 7.59. The van der Waals surface area contributed by atoms with Crippen LogP contribution in [0.5, 0.6) is 0 Å². The molecule has 0 bridgehead atoms. The molecule has 1 N–H and O–H groups in total. The van der Waals surface area contributed by atoms with Crippen molar-refractivity contribution in [2.24, 2.45) is 0 Å². The van der Waals surface area contributed by atoms with Crippen LogP contribution in [0.2, 0.25) is 0 Å². The number of nitrogens with one attached hydrogen (secondary N) is 1. The number of aromatic nitrogens is 1. The molecule has 0 atom stereocenters. The van der Waals surface area contributed by atoms with Crippen molar-refractivity contribution >= 4 is 32.1 Å². The SMILES string of the molecule is CS(=O)(=O)c1cccc(C(=O)c2cnc(NCC3(c4ccccc4)CCC3)s2)c1. The van der Waals surface area contributed by atoms with E-state index in [1.807, 2.05) is 6.07 Å². The molecule has 0 amide bonds. The molecule has 1 fully saturated rings. The number of nitrogens with zero attached hydrogens (tertiary/aromatic N) is 1. The molecule has 1 heterocycles. The lowest BCUT2D eigenvalue weighted by atomic mass is 9.64. The summed E-state index contributed by atoms with van der Waals surface area (Å²) in [5, 5.41) is 4.11. The van der Waals surface area contributed by atoms with Gasteiger partial charge in [-0.3, -0.25) is 4.79 Å². The highest BCUT2D eigenvalue weighted by atomic mass is 32.2. The number of anilines is 1. The maximum absolute atomic E-state index is 12.8. The number of sulfone groups is 1. The third-order valence-electron chi connectivity index (χ3n) is 5.53. The number of hydrogen-bond donors (Lipinski definition) is 1. The second kappa shape index (κ2) is 7.72. The molecule has 5 nitrogen and oxygen atoms in total. The second-order valence-corrected chi connectivity index (χ2v) is 10.6. The predicted molar refractivity (Wildman–Crippen MR) is 116 cm³/mol. The van der Waals surface area contributed by atoms with E-state index in [0.29, 0.717) is 15.6 Å². The second-order valence-electron chi connectivity index (χ2n) is 7.51. The van der Waals surface area contributed by atoms with Gasteiger partial charge in [-0.1, -0.05) is 60.2 Å². The average molecular weight is 427 g/mol. The summed E-state index contributed by atoms with van der Waals surface area (Å²) in [5.74, 6) is -0.220. The summed E-state index contributed by atoms with van der Waals surface area (Å²) in [6.07, 6.45) is 6.18. The van der Waals surface area contributed by atoms with Crippen LogP contribution in [0.3, 0.4) is 0 Å². The average Bonchev–Trinajstić information content (AvgIpc) is 3.16. The van der Waals surface area contributed by atoms with E-state index in [2.05, 4.69) is 34.6 Å². The highest BCUT2D eigenvalue weighted by Crippen LogP contribution is 2.43. The van der Waals surface area contributed by atoms with E-state index in [-0.39, 0.29) is 16.1 Å². The van der Waals surface area contributed by atoms with Crippen LogP contribution in [-0.4, -0.2) is 32.0 Å². The van der Waals surface area contributed by atoms with E-state index in [1.54, 1.807) is 18.3 Å². The molecule has 0 saturated heterocycles. The quantitative estimate of drug-likeness (QED) is 0.570. The van der Waals surface area contributed by atoms with E-state index in [9.17, 15) is 13.2 Å². The van der Waals surface area contributed by atoms with Gasteiger partial charge in [0.05, 0.1) is 16.0 Å². The zero-order valence-electron chi connectivity index (χ0n) is 16.1. The first-order valence-corrected chi connectivity index (χ1v) is 12.2. The zero-order valence-corrected chi connectivity index (χ0v) is 17.7. The molecule has 150 valence electrons. The molecule has 3 aromatic rings. The van der Waals surface area contributed by atoms with Crippen molar-refractivity contribution in [1.82, 2.24) is 4.98 Å². The van der Waals surface area contributed by atoms with Gasteiger partial charge in [0.15, 0.2) is 15.0 Å². The number of benzene rings is 2. The molecule has 1 aliphatic carbocycles. The minimum atomic E-state index is -3.36. The Hall–Kier alpha value is -2.51. The van der Waals surface area contributed by atoms with Crippen molar-refractivity contribution in [2.75, 3.05) is 18.1 Å². The van der Waals surface area contributed by atoms with Crippen LogP contribution in [-0.2, 0) is 15.3 Å². The Morgan fingerprint density at radius 1 is 1.14 bits per heavy atom. The highest BCUT2D eigenvalue weighted by Gasteiger charge is 2.38. The van der Waals surface area contributed by atoms with Gasteiger partial charge in [-0.15, -0.1) is 0 Å². The molecular formula is C22H22N2O3S2. The molecule has 0 spiro atoms. The Bertz CT molecular complexity index is 1130. The van der Waals surface area contributed by atoms with E-state index >= 15 is 0 Å². The minimum Gasteiger partial charge on any atom is -0.361 e. The van der Waals surface area contributed by atoms with Crippen LogP contribution in [0.1, 0.15) is 40.1 Å². The number of hydrogen-bond acceptors (Lipinski definition) is 6. The molecule has 7 heteroatoms. The topological polar surface area (TPSA) is 76.1 Å². The minimum absolute atomic E-state index is 0.126. The van der Waals surface area contributed by atoms with Gasteiger partial charge in [0.1, 0.15) is 0 Å². The first-order valence-electron chi connectivity index (χ1n) is 9.47. The van der Waals surface area contributed by atoms with Crippen molar-refractivity contribution in [3.8, 4) is 0 Å². The van der Waals surface area contributed by atoms with Crippen LogP contribution in [0, 0.1) is 0 Å². The van der Waals surface area contributed by atoms with Gasteiger partial charge >= 0.3 is 0 Å². The van der Waals surface area contributed by atoms with Crippen molar-refractivity contribution in [2.45, 2.75) is 29.6 Å². The third kappa shape index (κ3) is 4.11. The van der Waals surface area contributed by atoms with Gasteiger partial charge in [-0.25, -0.2) is 13.4 Å². The van der Waals surface area contributed by atoms with E-state index < -0.39 is 9.84 Å². The first-order chi connectivity index (χ1) is 13.9. The Kier molecular flexibility index (Phi) is 5.27. The molecule has 2 aromatic carbocycles. The summed E-state index contributed by atoms with van der Waals surface area (Å²) in [5.41, 5.74) is 1.81. The van der Waals surface area contributed by atoms with Crippen LogP contribution in [0.15, 0.2) is 65.7 Å². The van der Waals surface area contributed by atoms with Crippen LogP contribution in [0.4, 0.5) is 5.13 Å². The zero-order chi connectivity index (χ0) is 20.5. The number of carbonyl (C=O) groups is 1. The lowest BCUT2D eigenvalue weighted by molar-refractivity contribution is 0.104. The number of rotatable bonds is 7. The molecule has 29 heavy (non-hydrogen) atoms. The van der Waals surface area contributed by atoms with Crippen LogP contribution < -0.4 is 5.32 Å². The number of ketones is 1. The number of thiazole rings is 1. The summed E-state index contributed by atoms with van der Waals surface area (Å²) in [7, 11) is -3.36. The lowest BCUT2D eigenvalue weighted by Crippen LogP contribution is -2.40. The predicted octanol–water partition coefficient (Wildman–Crippen LogP) is 4.31. The first kappa shape index (κ1) is 19.8. The Balaban J connectivity index is 1.48. The molecule has 0 radical (unpaired) electrons. The van der Waals surface area contributed by atoms with Gasteiger partial charge in [0.2, 0.25) is 5.78 Å². The van der Waals surface area contributed by atoms with Crippen LogP contribution >= 0.6 is 11.3 Å². The van der Waals surface area contributed by atoms with Crippen molar-refractivity contribution in [3.05, 3.63) is 76.8 Å². The summed E-state index contributed by atoms with van der Waals surface area (Å²) in [6.45, 7) is 0.779. The summed E-state index contributed by atoms with van der Waals surface area (Å²) < 4.78 is 23.5. The van der Waals surface area contributed by atoms with Crippen molar-refractivity contribution in [3.63, 3.8) is 0 Å². The van der Waals surface area contributed by atoms with Crippen molar-refractivity contribution in [1.29, 1.82) is 0 Å². The Morgan fingerprint density at radius 2 is 1.90 bits per heavy atom. The lowest BCUT2D eigenvalue weighted by Gasteiger charge is -2.42.